The molecule has 0 atom stereocenters. The highest BCUT2D eigenvalue weighted by atomic mass is 35.5. The van der Waals surface area contributed by atoms with Crippen molar-refractivity contribution >= 4 is 23.2 Å². The molecule has 7 heteroatoms. The van der Waals surface area contributed by atoms with Gasteiger partial charge in [-0.15, -0.1) is 0 Å². The van der Waals surface area contributed by atoms with Crippen molar-refractivity contribution in [3.8, 4) is 0 Å². The molecular formula is C16H17ClN6. The fraction of sp³-hybridized carbons (Fsp3) is 0.188. The van der Waals surface area contributed by atoms with E-state index in [1.165, 1.54) is 11.9 Å². The fourth-order valence-electron chi connectivity index (χ4n) is 2.29. The Morgan fingerprint density at radius 3 is 2.78 bits per heavy atom. The molecule has 0 aliphatic heterocycles. The Hall–Kier alpha value is -2.60. The monoisotopic (exact) mass is 328 g/mol. The molecule has 0 spiro atoms. The summed E-state index contributed by atoms with van der Waals surface area (Å²) >= 11 is 6.06. The second-order valence-electron chi connectivity index (χ2n) is 5.06. The number of rotatable bonds is 6. The van der Waals surface area contributed by atoms with E-state index in [0.29, 0.717) is 17.4 Å². The first-order chi connectivity index (χ1) is 11.2. The lowest BCUT2D eigenvalue weighted by molar-refractivity contribution is 0.722. The van der Waals surface area contributed by atoms with Gasteiger partial charge in [-0.2, -0.15) is 0 Å². The van der Waals surface area contributed by atoms with Crippen molar-refractivity contribution in [1.82, 2.24) is 19.5 Å². The number of hydrogen-bond donors (Lipinski definition) is 2. The maximum atomic E-state index is 6.06. The number of nitrogens with one attached hydrogen (secondary N) is 1. The van der Waals surface area contributed by atoms with E-state index in [9.17, 15) is 0 Å². The van der Waals surface area contributed by atoms with Gasteiger partial charge in [0, 0.05) is 31.9 Å². The lowest BCUT2D eigenvalue weighted by Gasteiger charge is -2.10. The topological polar surface area (TPSA) is 81.7 Å². The third-order valence-corrected chi connectivity index (χ3v) is 3.83. The molecular weight excluding hydrogens is 312 g/mol. The van der Waals surface area contributed by atoms with E-state index < -0.39 is 0 Å². The Morgan fingerprint density at radius 1 is 1.13 bits per heavy atom. The van der Waals surface area contributed by atoms with Gasteiger partial charge in [-0.25, -0.2) is 15.0 Å². The predicted molar refractivity (Wildman–Crippen MR) is 91.4 cm³/mol. The standard InChI is InChI=1S/C16H17ClN6/c17-14-15(18)21-11-22-16(14)20-7-6-13-19-8-9-23(13)10-12-4-2-1-3-5-12/h1-5,8-9,11H,6-7,10H2,(H3,18,20,21,22). The average molecular weight is 329 g/mol. The Bertz CT molecular complexity index is 771. The summed E-state index contributed by atoms with van der Waals surface area (Å²) in [4.78, 5) is 12.3. The van der Waals surface area contributed by atoms with Crippen LogP contribution in [0.25, 0.3) is 0 Å². The lowest BCUT2D eigenvalue weighted by atomic mass is 10.2. The van der Waals surface area contributed by atoms with Gasteiger partial charge < -0.3 is 15.6 Å². The van der Waals surface area contributed by atoms with E-state index in [2.05, 4.69) is 37.0 Å². The second-order valence-corrected chi connectivity index (χ2v) is 5.43. The zero-order valence-electron chi connectivity index (χ0n) is 12.5. The average Bonchev–Trinajstić information content (AvgIpc) is 3.00. The first-order valence-electron chi connectivity index (χ1n) is 7.28. The molecule has 2 aromatic heterocycles. The zero-order chi connectivity index (χ0) is 16.1. The maximum Gasteiger partial charge on any atom is 0.150 e. The molecule has 3 N–H and O–H groups in total. The van der Waals surface area contributed by atoms with Gasteiger partial charge in [0.2, 0.25) is 0 Å². The molecule has 2 heterocycles. The van der Waals surface area contributed by atoms with E-state index in [0.717, 1.165) is 18.8 Å². The SMILES string of the molecule is Nc1ncnc(NCCc2nccn2Cc2ccccc2)c1Cl. The number of imidazole rings is 1. The number of benzene rings is 1. The Morgan fingerprint density at radius 2 is 1.96 bits per heavy atom. The smallest absolute Gasteiger partial charge is 0.150 e. The van der Waals surface area contributed by atoms with Crippen molar-refractivity contribution in [2.75, 3.05) is 17.6 Å². The Balaban J connectivity index is 1.61. The minimum atomic E-state index is 0.273. The number of aromatic nitrogens is 4. The molecule has 0 aliphatic carbocycles. The van der Waals surface area contributed by atoms with E-state index >= 15 is 0 Å². The molecule has 118 valence electrons. The van der Waals surface area contributed by atoms with Gasteiger partial charge in [-0.1, -0.05) is 41.9 Å². The quantitative estimate of drug-likeness (QED) is 0.727. The molecule has 0 saturated carbocycles. The molecule has 0 saturated heterocycles. The van der Waals surface area contributed by atoms with Crippen LogP contribution >= 0.6 is 11.6 Å². The van der Waals surface area contributed by atoms with Crippen LogP contribution in [0, 0.1) is 0 Å². The summed E-state index contributed by atoms with van der Waals surface area (Å²) in [6, 6.07) is 10.3. The number of nitrogen functional groups attached to an aromatic ring is 1. The molecule has 0 amide bonds. The molecule has 0 aliphatic rings. The normalized spacial score (nSPS) is 10.7. The van der Waals surface area contributed by atoms with Crippen LogP contribution in [-0.2, 0) is 13.0 Å². The summed E-state index contributed by atoms with van der Waals surface area (Å²) in [6.07, 6.45) is 5.94. The largest absolute Gasteiger partial charge is 0.382 e. The van der Waals surface area contributed by atoms with Gasteiger partial charge in [0.05, 0.1) is 0 Å². The van der Waals surface area contributed by atoms with Crippen molar-refractivity contribution in [1.29, 1.82) is 0 Å². The summed E-state index contributed by atoms with van der Waals surface area (Å²) < 4.78 is 2.13. The number of anilines is 2. The molecule has 0 fully saturated rings. The molecule has 0 radical (unpaired) electrons. The molecule has 6 nitrogen and oxygen atoms in total. The minimum absolute atomic E-state index is 0.273. The molecule has 3 rings (SSSR count). The van der Waals surface area contributed by atoms with Crippen LogP contribution in [-0.4, -0.2) is 26.1 Å². The van der Waals surface area contributed by atoms with E-state index in [1.807, 2.05) is 30.6 Å². The van der Waals surface area contributed by atoms with E-state index in [-0.39, 0.29) is 5.82 Å². The van der Waals surface area contributed by atoms with Crippen LogP contribution in [0.4, 0.5) is 11.6 Å². The van der Waals surface area contributed by atoms with Crippen molar-refractivity contribution in [2.45, 2.75) is 13.0 Å². The minimum Gasteiger partial charge on any atom is -0.382 e. The predicted octanol–water partition coefficient (Wildman–Crippen LogP) is 2.61. The third kappa shape index (κ3) is 3.78. The summed E-state index contributed by atoms with van der Waals surface area (Å²) in [7, 11) is 0. The molecule has 0 bridgehead atoms. The molecule has 23 heavy (non-hydrogen) atoms. The number of halogens is 1. The van der Waals surface area contributed by atoms with Crippen LogP contribution in [0.3, 0.4) is 0 Å². The summed E-state index contributed by atoms with van der Waals surface area (Å²) in [5, 5.41) is 3.51. The molecule has 1 aromatic carbocycles. The lowest BCUT2D eigenvalue weighted by Crippen LogP contribution is -2.12. The fourth-order valence-corrected chi connectivity index (χ4v) is 2.46. The number of nitrogens with zero attached hydrogens (tertiary/aromatic N) is 4. The zero-order valence-corrected chi connectivity index (χ0v) is 13.2. The summed E-state index contributed by atoms with van der Waals surface area (Å²) in [5.74, 6) is 1.81. The van der Waals surface area contributed by atoms with Crippen LogP contribution < -0.4 is 11.1 Å². The highest BCUT2D eigenvalue weighted by Crippen LogP contribution is 2.22. The summed E-state index contributed by atoms with van der Waals surface area (Å²) in [6.45, 7) is 1.46. The number of nitrogens with two attached hydrogens (primary N) is 1. The van der Waals surface area contributed by atoms with Crippen molar-refractivity contribution < 1.29 is 0 Å². The van der Waals surface area contributed by atoms with Gasteiger partial charge in [0.25, 0.3) is 0 Å². The van der Waals surface area contributed by atoms with Gasteiger partial charge in [0.15, 0.2) is 0 Å². The van der Waals surface area contributed by atoms with Crippen LogP contribution in [0.1, 0.15) is 11.4 Å². The van der Waals surface area contributed by atoms with Crippen molar-refractivity contribution in [3.63, 3.8) is 0 Å². The van der Waals surface area contributed by atoms with Gasteiger partial charge in [0.1, 0.15) is 28.8 Å². The third-order valence-electron chi connectivity index (χ3n) is 3.45. The van der Waals surface area contributed by atoms with Crippen molar-refractivity contribution in [2.24, 2.45) is 0 Å². The van der Waals surface area contributed by atoms with Crippen LogP contribution in [0.5, 0.6) is 0 Å². The molecule has 3 aromatic rings. The van der Waals surface area contributed by atoms with Gasteiger partial charge >= 0.3 is 0 Å². The van der Waals surface area contributed by atoms with Crippen LogP contribution in [0.15, 0.2) is 49.1 Å². The highest BCUT2D eigenvalue weighted by Gasteiger charge is 2.07. The highest BCUT2D eigenvalue weighted by molar-refractivity contribution is 6.35. The van der Waals surface area contributed by atoms with Gasteiger partial charge in [-0.05, 0) is 5.56 Å². The maximum absolute atomic E-state index is 6.06. The number of hydrogen-bond acceptors (Lipinski definition) is 5. The first-order valence-corrected chi connectivity index (χ1v) is 7.65. The van der Waals surface area contributed by atoms with Crippen LogP contribution in [0.2, 0.25) is 5.02 Å². The van der Waals surface area contributed by atoms with Crippen molar-refractivity contribution in [3.05, 3.63) is 65.5 Å². The first kappa shape index (κ1) is 15.3. The molecule has 0 unspecified atom stereocenters. The second kappa shape index (κ2) is 7.11. The van der Waals surface area contributed by atoms with E-state index in [1.54, 1.807) is 0 Å². The van der Waals surface area contributed by atoms with Gasteiger partial charge in [-0.3, -0.25) is 0 Å². The Kier molecular flexibility index (Phi) is 4.73. The van der Waals surface area contributed by atoms with E-state index in [4.69, 9.17) is 17.3 Å². The summed E-state index contributed by atoms with van der Waals surface area (Å²) in [5.41, 5.74) is 6.90. The Labute approximate surface area is 139 Å².